The van der Waals surface area contributed by atoms with Gasteiger partial charge in [0.05, 0.1) is 18.3 Å². The fourth-order valence-electron chi connectivity index (χ4n) is 2.36. The molecule has 24 heavy (non-hydrogen) atoms. The molecule has 2 aromatic rings. The van der Waals surface area contributed by atoms with Crippen LogP contribution in [-0.2, 0) is 6.54 Å². The fraction of sp³-hybridized carbons (Fsp3) is 0.444. The van der Waals surface area contributed by atoms with Crippen LogP contribution in [0, 0.1) is 5.92 Å². The van der Waals surface area contributed by atoms with Crippen molar-refractivity contribution in [3.63, 3.8) is 0 Å². The minimum atomic E-state index is -0.0450. The molecule has 1 unspecified atom stereocenters. The average molecular weight is 349 g/mol. The number of hydrogen-bond acceptors (Lipinski definition) is 3. The van der Waals surface area contributed by atoms with E-state index in [1.807, 2.05) is 24.3 Å². The number of halogens is 1. The fourth-order valence-corrected chi connectivity index (χ4v) is 2.56. The van der Waals surface area contributed by atoms with Gasteiger partial charge in [0.2, 0.25) is 0 Å². The second-order valence-electron chi connectivity index (χ2n) is 6.44. The molecule has 130 valence electrons. The summed E-state index contributed by atoms with van der Waals surface area (Å²) in [6, 6.07) is 7.72. The molecule has 1 aromatic carbocycles. The first-order chi connectivity index (χ1) is 11.4. The molecule has 5 nitrogen and oxygen atoms in total. The monoisotopic (exact) mass is 348 g/mol. The van der Waals surface area contributed by atoms with Crippen LogP contribution >= 0.6 is 11.6 Å². The van der Waals surface area contributed by atoms with Gasteiger partial charge in [-0.1, -0.05) is 43.6 Å². The lowest BCUT2D eigenvalue weighted by molar-refractivity contribution is 0.0789. The Hall–Kier alpha value is -1.85. The summed E-state index contributed by atoms with van der Waals surface area (Å²) in [6.07, 6.45) is 4.14. The van der Waals surface area contributed by atoms with Crippen molar-refractivity contribution in [2.45, 2.75) is 32.9 Å². The van der Waals surface area contributed by atoms with E-state index in [9.17, 15) is 4.79 Å². The van der Waals surface area contributed by atoms with Gasteiger partial charge in [-0.15, -0.1) is 0 Å². The summed E-state index contributed by atoms with van der Waals surface area (Å²) in [4.78, 5) is 14.2. The SMILES string of the molecule is CC(C)C(N)CCN(C)C(=O)c1cnn(Cc2ccccc2Cl)c1. The van der Waals surface area contributed by atoms with E-state index in [1.54, 1.807) is 29.0 Å². The molecule has 0 aliphatic heterocycles. The van der Waals surface area contributed by atoms with Crippen molar-refractivity contribution in [2.24, 2.45) is 11.7 Å². The largest absolute Gasteiger partial charge is 0.342 e. The highest BCUT2D eigenvalue weighted by molar-refractivity contribution is 6.31. The lowest BCUT2D eigenvalue weighted by Gasteiger charge is -2.21. The molecule has 0 fully saturated rings. The van der Waals surface area contributed by atoms with Crippen LogP contribution in [0.4, 0.5) is 0 Å². The molecule has 0 aliphatic rings. The summed E-state index contributed by atoms with van der Waals surface area (Å²) in [7, 11) is 1.79. The molecule has 1 aromatic heterocycles. The van der Waals surface area contributed by atoms with Crippen LogP contribution in [0.2, 0.25) is 5.02 Å². The zero-order valence-electron chi connectivity index (χ0n) is 14.4. The second-order valence-corrected chi connectivity index (χ2v) is 6.85. The number of benzene rings is 1. The maximum atomic E-state index is 12.5. The molecule has 0 saturated heterocycles. The van der Waals surface area contributed by atoms with Crippen LogP contribution in [0.1, 0.15) is 36.2 Å². The molecule has 0 radical (unpaired) electrons. The lowest BCUT2D eigenvalue weighted by Crippen LogP contribution is -2.34. The Morgan fingerprint density at radius 3 is 2.75 bits per heavy atom. The number of carbonyl (C=O) groups excluding carboxylic acids is 1. The maximum absolute atomic E-state index is 12.5. The van der Waals surface area contributed by atoms with Crippen LogP contribution in [0.15, 0.2) is 36.7 Å². The van der Waals surface area contributed by atoms with Gasteiger partial charge in [-0.25, -0.2) is 0 Å². The van der Waals surface area contributed by atoms with E-state index in [0.29, 0.717) is 29.6 Å². The highest BCUT2D eigenvalue weighted by Gasteiger charge is 2.16. The van der Waals surface area contributed by atoms with Crippen LogP contribution in [0.3, 0.4) is 0 Å². The summed E-state index contributed by atoms with van der Waals surface area (Å²) < 4.78 is 1.72. The second kappa shape index (κ2) is 8.31. The van der Waals surface area contributed by atoms with Gasteiger partial charge in [-0.05, 0) is 24.0 Å². The first-order valence-electron chi connectivity index (χ1n) is 8.15. The van der Waals surface area contributed by atoms with E-state index in [2.05, 4.69) is 18.9 Å². The molecule has 6 heteroatoms. The van der Waals surface area contributed by atoms with E-state index < -0.39 is 0 Å². The highest BCUT2D eigenvalue weighted by atomic mass is 35.5. The van der Waals surface area contributed by atoms with Crippen LogP contribution in [0.25, 0.3) is 0 Å². The lowest BCUT2D eigenvalue weighted by atomic mass is 10.0. The maximum Gasteiger partial charge on any atom is 0.256 e. The van der Waals surface area contributed by atoms with Crippen molar-refractivity contribution >= 4 is 17.5 Å². The van der Waals surface area contributed by atoms with Crippen molar-refractivity contribution in [1.82, 2.24) is 14.7 Å². The summed E-state index contributed by atoms with van der Waals surface area (Å²) in [5.74, 6) is 0.364. The molecular formula is C18H25ClN4O. The van der Waals surface area contributed by atoms with Crippen molar-refractivity contribution in [3.8, 4) is 0 Å². The Morgan fingerprint density at radius 2 is 2.08 bits per heavy atom. The minimum Gasteiger partial charge on any atom is -0.342 e. The molecule has 0 spiro atoms. The number of rotatable bonds is 7. The zero-order valence-corrected chi connectivity index (χ0v) is 15.2. The molecule has 2 N–H and O–H groups in total. The van der Waals surface area contributed by atoms with E-state index in [-0.39, 0.29) is 11.9 Å². The summed E-state index contributed by atoms with van der Waals surface area (Å²) in [5, 5.41) is 4.96. The third-order valence-electron chi connectivity index (χ3n) is 4.17. The molecule has 0 bridgehead atoms. The summed E-state index contributed by atoms with van der Waals surface area (Å²) in [6.45, 7) is 5.35. The van der Waals surface area contributed by atoms with Crippen LogP contribution < -0.4 is 5.73 Å². The third-order valence-corrected chi connectivity index (χ3v) is 4.54. The number of nitrogens with two attached hydrogens (primary N) is 1. The minimum absolute atomic E-state index is 0.0450. The number of nitrogens with zero attached hydrogens (tertiary/aromatic N) is 3. The van der Waals surface area contributed by atoms with Crippen molar-refractivity contribution < 1.29 is 4.79 Å². The zero-order chi connectivity index (χ0) is 17.7. The number of amides is 1. The van der Waals surface area contributed by atoms with E-state index in [1.165, 1.54) is 0 Å². The van der Waals surface area contributed by atoms with Crippen LogP contribution in [0.5, 0.6) is 0 Å². The van der Waals surface area contributed by atoms with Crippen molar-refractivity contribution in [2.75, 3.05) is 13.6 Å². The smallest absolute Gasteiger partial charge is 0.256 e. The van der Waals surface area contributed by atoms with Gasteiger partial charge in [0.1, 0.15) is 0 Å². The summed E-state index contributed by atoms with van der Waals surface area (Å²) in [5.41, 5.74) is 7.58. The first-order valence-corrected chi connectivity index (χ1v) is 8.53. The highest BCUT2D eigenvalue weighted by Crippen LogP contribution is 2.16. The Bertz CT molecular complexity index is 683. The van der Waals surface area contributed by atoms with Gasteiger partial charge in [0.15, 0.2) is 0 Å². The van der Waals surface area contributed by atoms with E-state index in [0.717, 1.165) is 12.0 Å². The van der Waals surface area contributed by atoms with Gasteiger partial charge in [0, 0.05) is 30.9 Å². The van der Waals surface area contributed by atoms with Gasteiger partial charge in [-0.3, -0.25) is 9.48 Å². The van der Waals surface area contributed by atoms with Gasteiger partial charge < -0.3 is 10.6 Å². The average Bonchev–Trinajstić information content (AvgIpc) is 3.02. The van der Waals surface area contributed by atoms with Gasteiger partial charge >= 0.3 is 0 Å². The normalized spacial score (nSPS) is 12.4. The first kappa shape index (κ1) is 18.5. The number of carbonyl (C=O) groups is 1. The van der Waals surface area contributed by atoms with E-state index in [4.69, 9.17) is 17.3 Å². The van der Waals surface area contributed by atoms with Gasteiger partial charge in [-0.2, -0.15) is 5.10 Å². The van der Waals surface area contributed by atoms with Crippen molar-refractivity contribution in [3.05, 3.63) is 52.8 Å². The Balaban J connectivity index is 1.96. The number of aromatic nitrogens is 2. The molecule has 0 saturated carbocycles. The topological polar surface area (TPSA) is 64.2 Å². The Kier molecular flexibility index (Phi) is 6.40. The standard InChI is InChI=1S/C18H25ClN4O/c1-13(2)17(20)8-9-22(3)18(24)15-10-21-23(12-15)11-14-6-4-5-7-16(14)19/h4-7,10,12-13,17H,8-9,11,20H2,1-3H3. The molecule has 1 heterocycles. The van der Waals surface area contributed by atoms with E-state index >= 15 is 0 Å². The molecule has 0 aliphatic carbocycles. The van der Waals surface area contributed by atoms with Crippen molar-refractivity contribution in [1.29, 1.82) is 0 Å². The predicted octanol–water partition coefficient (Wildman–Crippen LogP) is 3.03. The molecular weight excluding hydrogens is 324 g/mol. The Morgan fingerprint density at radius 1 is 1.38 bits per heavy atom. The molecule has 2 rings (SSSR count). The number of hydrogen-bond donors (Lipinski definition) is 1. The predicted molar refractivity (Wildman–Crippen MR) is 97.2 cm³/mol. The van der Waals surface area contributed by atoms with Gasteiger partial charge in [0.25, 0.3) is 5.91 Å². The summed E-state index contributed by atoms with van der Waals surface area (Å²) >= 11 is 6.16. The molecule has 1 amide bonds. The van der Waals surface area contributed by atoms with Crippen LogP contribution in [-0.4, -0.2) is 40.2 Å². The molecule has 1 atom stereocenters. The third kappa shape index (κ3) is 4.82. The Labute approximate surface area is 148 Å². The quantitative estimate of drug-likeness (QED) is 0.836.